The summed E-state index contributed by atoms with van der Waals surface area (Å²) >= 11 is 12.0. The van der Waals surface area contributed by atoms with Crippen molar-refractivity contribution in [1.82, 2.24) is 9.78 Å². The second-order valence-electron chi connectivity index (χ2n) is 5.81. The van der Waals surface area contributed by atoms with E-state index in [-0.39, 0.29) is 5.56 Å². The fourth-order valence-corrected chi connectivity index (χ4v) is 2.58. The highest BCUT2D eigenvalue weighted by atomic mass is 35.5. The maximum absolute atomic E-state index is 12.1. The van der Waals surface area contributed by atoms with Crippen LogP contribution in [-0.2, 0) is 6.54 Å². The van der Waals surface area contributed by atoms with E-state index < -0.39 is 0 Å². The molecule has 0 spiro atoms. The highest BCUT2D eigenvalue weighted by Gasteiger charge is 2.06. The van der Waals surface area contributed by atoms with Crippen LogP contribution in [0.3, 0.4) is 0 Å². The van der Waals surface area contributed by atoms with Crippen molar-refractivity contribution < 1.29 is 4.74 Å². The zero-order valence-electron chi connectivity index (χ0n) is 13.3. The van der Waals surface area contributed by atoms with Crippen molar-refractivity contribution in [3.05, 3.63) is 56.4 Å². The van der Waals surface area contributed by atoms with E-state index in [9.17, 15) is 4.79 Å². The fourth-order valence-electron chi connectivity index (χ4n) is 2.11. The first-order valence-corrected chi connectivity index (χ1v) is 8.35. The van der Waals surface area contributed by atoms with E-state index in [4.69, 9.17) is 27.9 Å². The van der Waals surface area contributed by atoms with Crippen LogP contribution in [0.4, 0.5) is 0 Å². The summed E-state index contributed by atoms with van der Waals surface area (Å²) in [6.07, 6.45) is 3.61. The number of benzene rings is 1. The predicted octanol–water partition coefficient (Wildman–Crippen LogP) is 4.41. The molecule has 0 saturated carbocycles. The highest BCUT2D eigenvalue weighted by molar-refractivity contribution is 6.35. The van der Waals surface area contributed by atoms with Gasteiger partial charge in [0.25, 0.3) is 5.56 Å². The number of aromatic nitrogens is 2. The molecule has 0 atom stereocenters. The monoisotopic (exact) mass is 354 g/mol. The molecule has 1 heterocycles. The molecule has 0 aliphatic carbocycles. The molecule has 23 heavy (non-hydrogen) atoms. The SMILES string of the molecule is CC(C)CCCOc1cnn(Cc2ccc(Cl)cc2Cl)c(=O)c1. The number of nitrogens with zero attached hydrogens (tertiary/aromatic N) is 2. The van der Waals surface area contributed by atoms with Crippen LogP contribution in [-0.4, -0.2) is 16.4 Å². The topological polar surface area (TPSA) is 44.1 Å². The third-order valence-electron chi connectivity index (χ3n) is 3.37. The predicted molar refractivity (Wildman–Crippen MR) is 93.6 cm³/mol. The zero-order chi connectivity index (χ0) is 16.8. The lowest BCUT2D eigenvalue weighted by Crippen LogP contribution is -2.22. The van der Waals surface area contributed by atoms with E-state index in [0.29, 0.717) is 34.9 Å². The molecule has 0 aliphatic heterocycles. The molecule has 2 rings (SSSR count). The van der Waals surface area contributed by atoms with Gasteiger partial charge >= 0.3 is 0 Å². The maximum Gasteiger partial charge on any atom is 0.270 e. The Bertz CT molecular complexity index is 714. The van der Waals surface area contributed by atoms with Gasteiger partial charge < -0.3 is 4.74 Å². The van der Waals surface area contributed by atoms with E-state index in [2.05, 4.69) is 18.9 Å². The van der Waals surface area contributed by atoms with Crippen molar-refractivity contribution >= 4 is 23.2 Å². The number of halogens is 2. The number of rotatable bonds is 7. The van der Waals surface area contributed by atoms with Crippen LogP contribution in [0.5, 0.6) is 5.75 Å². The quantitative estimate of drug-likeness (QED) is 0.691. The lowest BCUT2D eigenvalue weighted by molar-refractivity contribution is 0.294. The van der Waals surface area contributed by atoms with E-state index in [1.807, 2.05) is 0 Å². The Kier molecular flexibility index (Phi) is 6.48. The average Bonchev–Trinajstić information content (AvgIpc) is 2.48. The maximum atomic E-state index is 12.1. The molecule has 0 unspecified atom stereocenters. The minimum Gasteiger partial charge on any atom is -0.492 e. The molecular formula is C17H20Cl2N2O2. The first kappa shape index (κ1) is 17.8. The molecule has 0 radical (unpaired) electrons. The van der Waals surface area contributed by atoms with Crippen molar-refractivity contribution in [2.75, 3.05) is 6.61 Å². The van der Waals surface area contributed by atoms with Gasteiger partial charge in [-0.15, -0.1) is 0 Å². The third kappa shape index (κ3) is 5.56. The molecule has 4 nitrogen and oxygen atoms in total. The highest BCUT2D eigenvalue weighted by Crippen LogP contribution is 2.21. The number of hydrogen-bond donors (Lipinski definition) is 0. The summed E-state index contributed by atoms with van der Waals surface area (Å²) in [5, 5.41) is 5.21. The minimum atomic E-state index is -0.225. The van der Waals surface area contributed by atoms with Gasteiger partial charge in [0.15, 0.2) is 0 Å². The molecule has 0 amide bonds. The van der Waals surface area contributed by atoms with Crippen LogP contribution in [0.15, 0.2) is 35.3 Å². The van der Waals surface area contributed by atoms with Gasteiger partial charge in [-0.2, -0.15) is 5.10 Å². The fraction of sp³-hybridized carbons (Fsp3) is 0.412. The summed E-state index contributed by atoms with van der Waals surface area (Å²) < 4.78 is 6.91. The molecule has 2 aromatic rings. The largest absolute Gasteiger partial charge is 0.492 e. The third-order valence-corrected chi connectivity index (χ3v) is 3.96. The summed E-state index contributed by atoms with van der Waals surface area (Å²) in [4.78, 5) is 12.1. The first-order valence-electron chi connectivity index (χ1n) is 7.59. The van der Waals surface area contributed by atoms with Gasteiger partial charge in [-0.3, -0.25) is 4.79 Å². The van der Waals surface area contributed by atoms with E-state index in [1.165, 1.54) is 10.7 Å². The summed E-state index contributed by atoms with van der Waals surface area (Å²) in [6.45, 7) is 5.23. The molecule has 6 heteroatoms. The van der Waals surface area contributed by atoms with Gasteiger partial charge in [-0.05, 0) is 36.5 Å². The summed E-state index contributed by atoms with van der Waals surface area (Å²) in [5.74, 6) is 1.14. The zero-order valence-corrected chi connectivity index (χ0v) is 14.8. The molecule has 0 bridgehead atoms. The lowest BCUT2D eigenvalue weighted by Gasteiger charge is -2.09. The van der Waals surface area contributed by atoms with Crippen LogP contribution in [0.2, 0.25) is 10.0 Å². The molecule has 0 N–H and O–H groups in total. The minimum absolute atomic E-state index is 0.225. The number of ether oxygens (including phenoxy) is 1. The Morgan fingerprint density at radius 2 is 2.04 bits per heavy atom. The summed E-state index contributed by atoms with van der Waals surface area (Å²) in [6, 6.07) is 6.62. The Morgan fingerprint density at radius 1 is 1.26 bits per heavy atom. The van der Waals surface area contributed by atoms with Gasteiger partial charge in [0.05, 0.1) is 19.3 Å². The van der Waals surface area contributed by atoms with Gasteiger partial charge in [0.1, 0.15) is 5.75 Å². The normalized spacial score (nSPS) is 11.0. The Balaban J connectivity index is 2.00. The molecule has 124 valence electrons. The van der Waals surface area contributed by atoms with Gasteiger partial charge in [0.2, 0.25) is 0 Å². The van der Waals surface area contributed by atoms with Crippen molar-refractivity contribution in [2.24, 2.45) is 5.92 Å². The van der Waals surface area contributed by atoms with Crippen LogP contribution in [0, 0.1) is 5.92 Å². The molecule has 0 fully saturated rings. The van der Waals surface area contributed by atoms with E-state index in [0.717, 1.165) is 18.4 Å². The van der Waals surface area contributed by atoms with Crippen LogP contribution < -0.4 is 10.3 Å². The second-order valence-corrected chi connectivity index (χ2v) is 6.65. The molecule has 1 aromatic carbocycles. The standard InChI is InChI=1S/C17H20Cl2N2O2/c1-12(2)4-3-7-23-15-9-17(22)21(20-10-15)11-13-5-6-14(18)8-16(13)19/h5-6,8-10,12H,3-4,7,11H2,1-2H3. The lowest BCUT2D eigenvalue weighted by atomic mass is 10.1. The summed E-state index contributed by atoms with van der Waals surface area (Å²) in [7, 11) is 0. The van der Waals surface area contributed by atoms with Gasteiger partial charge in [0, 0.05) is 16.1 Å². The molecule has 1 aromatic heterocycles. The molecule has 0 aliphatic rings. The molecular weight excluding hydrogens is 335 g/mol. The Hall–Kier alpha value is -1.52. The Labute approximate surface area is 146 Å². The van der Waals surface area contributed by atoms with Crippen molar-refractivity contribution in [2.45, 2.75) is 33.2 Å². The van der Waals surface area contributed by atoms with Crippen LogP contribution in [0.1, 0.15) is 32.3 Å². The van der Waals surface area contributed by atoms with Gasteiger partial charge in [-0.1, -0.05) is 43.1 Å². The second kappa shape index (κ2) is 8.37. The smallest absolute Gasteiger partial charge is 0.270 e. The van der Waals surface area contributed by atoms with Crippen molar-refractivity contribution in [1.29, 1.82) is 0 Å². The average molecular weight is 355 g/mol. The van der Waals surface area contributed by atoms with Crippen molar-refractivity contribution in [3.8, 4) is 5.75 Å². The first-order chi connectivity index (χ1) is 11.0. The van der Waals surface area contributed by atoms with E-state index >= 15 is 0 Å². The van der Waals surface area contributed by atoms with Gasteiger partial charge in [-0.25, -0.2) is 4.68 Å². The van der Waals surface area contributed by atoms with Crippen LogP contribution >= 0.6 is 23.2 Å². The summed E-state index contributed by atoms with van der Waals surface area (Å²) in [5.41, 5.74) is 0.564. The van der Waals surface area contributed by atoms with E-state index in [1.54, 1.807) is 24.4 Å². The number of hydrogen-bond acceptors (Lipinski definition) is 3. The molecule has 0 saturated heterocycles. The van der Waals surface area contributed by atoms with Crippen molar-refractivity contribution in [3.63, 3.8) is 0 Å². The van der Waals surface area contributed by atoms with Crippen LogP contribution in [0.25, 0.3) is 0 Å². The Morgan fingerprint density at radius 3 is 2.70 bits per heavy atom.